The zero-order valence-electron chi connectivity index (χ0n) is 11.9. The van der Waals surface area contributed by atoms with E-state index >= 15 is 0 Å². The standard InChI is InChI=1S/C16H17ClN2OS/c1-9-4-3-5-12-15(9)11(8-18-12)10(2)19-16(20)13-6-7-14(17)21-13/h3-7,10-11,18H,8H2,1-2H3,(H,19,20). The Labute approximate surface area is 133 Å². The number of halogens is 1. The molecule has 1 aliphatic heterocycles. The quantitative estimate of drug-likeness (QED) is 0.896. The van der Waals surface area contributed by atoms with Crippen LogP contribution in [0.5, 0.6) is 0 Å². The van der Waals surface area contributed by atoms with Crippen LogP contribution in [0.2, 0.25) is 4.34 Å². The second kappa shape index (κ2) is 5.70. The third kappa shape index (κ3) is 2.78. The summed E-state index contributed by atoms with van der Waals surface area (Å²) in [6.07, 6.45) is 0. The van der Waals surface area contributed by atoms with Crippen LogP contribution in [0.1, 0.15) is 33.6 Å². The Morgan fingerprint density at radius 2 is 2.24 bits per heavy atom. The molecule has 1 amide bonds. The Morgan fingerprint density at radius 3 is 2.95 bits per heavy atom. The summed E-state index contributed by atoms with van der Waals surface area (Å²) < 4.78 is 0.636. The molecule has 0 radical (unpaired) electrons. The van der Waals surface area contributed by atoms with E-state index in [0.29, 0.717) is 15.1 Å². The Bertz CT molecular complexity index is 683. The lowest BCUT2D eigenvalue weighted by molar-refractivity contribution is 0.0940. The summed E-state index contributed by atoms with van der Waals surface area (Å²) in [6, 6.07) is 9.85. The van der Waals surface area contributed by atoms with Gasteiger partial charge in [0, 0.05) is 24.2 Å². The minimum atomic E-state index is -0.0542. The summed E-state index contributed by atoms with van der Waals surface area (Å²) in [5.41, 5.74) is 3.76. The predicted octanol–water partition coefficient (Wildman–Crippen LogP) is 4.04. The van der Waals surface area contributed by atoms with Crippen molar-refractivity contribution in [1.29, 1.82) is 0 Å². The number of hydrogen-bond acceptors (Lipinski definition) is 3. The summed E-state index contributed by atoms with van der Waals surface area (Å²) in [6.45, 7) is 5.03. The molecule has 0 saturated carbocycles. The number of benzene rings is 1. The van der Waals surface area contributed by atoms with E-state index in [2.05, 4.69) is 42.7 Å². The van der Waals surface area contributed by atoms with Gasteiger partial charge in [-0.3, -0.25) is 4.79 Å². The Hall–Kier alpha value is -1.52. The summed E-state index contributed by atoms with van der Waals surface area (Å²) >= 11 is 7.19. The van der Waals surface area contributed by atoms with Crippen LogP contribution in [0.3, 0.4) is 0 Å². The predicted molar refractivity (Wildman–Crippen MR) is 88.7 cm³/mol. The van der Waals surface area contributed by atoms with Crippen molar-refractivity contribution in [3.63, 3.8) is 0 Å². The van der Waals surface area contributed by atoms with Gasteiger partial charge in [-0.05, 0) is 43.2 Å². The van der Waals surface area contributed by atoms with Crippen molar-refractivity contribution >= 4 is 34.5 Å². The fraction of sp³-hybridized carbons (Fsp3) is 0.312. The van der Waals surface area contributed by atoms with Gasteiger partial charge in [0.15, 0.2) is 0 Å². The molecule has 3 rings (SSSR count). The molecule has 0 bridgehead atoms. The van der Waals surface area contributed by atoms with Gasteiger partial charge in [-0.15, -0.1) is 11.3 Å². The van der Waals surface area contributed by atoms with Gasteiger partial charge < -0.3 is 10.6 Å². The van der Waals surface area contributed by atoms with Crippen molar-refractivity contribution in [3.05, 3.63) is 50.7 Å². The highest BCUT2D eigenvalue weighted by molar-refractivity contribution is 7.17. The number of amides is 1. The number of anilines is 1. The van der Waals surface area contributed by atoms with E-state index in [0.717, 1.165) is 6.54 Å². The molecule has 0 saturated heterocycles. The monoisotopic (exact) mass is 320 g/mol. The second-order valence-electron chi connectivity index (χ2n) is 5.39. The number of nitrogens with one attached hydrogen (secondary N) is 2. The fourth-order valence-electron chi connectivity index (χ4n) is 2.89. The molecule has 1 aliphatic rings. The summed E-state index contributed by atoms with van der Waals surface area (Å²) in [7, 11) is 0. The molecule has 2 N–H and O–H groups in total. The van der Waals surface area contributed by atoms with Gasteiger partial charge in [0.2, 0.25) is 0 Å². The van der Waals surface area contributed by atoms with Crippen LogP contribution in [0.4, 0.5) is 5.69 Å². The van der Waals surface area contributed by atoms with E-state index in [1.165, 1.54) is 28.2 Å². The number of hydrogen-bond donors (Lipinski definition) is 2. The Balaban J connectivity index is 1.76. The third-order valence-corrected chi connectivity index (χ3v) is 5.20. The first-order valence-electron chi connectivity index (χ1n) is 6.96. The van der Waals surface area contributed by atoms with E-state index in [1.807, 2.05) is 0 Å². The number of carbonyl (C=O) groups excluding carboxylic acids is 1. The molecule has 110 valence electrons. The molecule has 5 heteroatoms. The van der Waals surface area contributed by atoms with Crippen LogP contribution in [0.25, 0.3) is 0 Å². The lowest BCUT2D eigenvalue weighted by Crippen LogP contribution is -2.37. The largest absolute Gasteiger partial charge is 0.384 e. The Kier molecular flexibility index (Phi) is 3.91. The number of carbonyl (C=O) groups is 1. The van der Waals surface area contributed by atoms with Crippen LogP contribution in [-0.4, -0.2) is 18.5 Å². The average Bonchev–Trinajstić information content (AvgIpc) is 3.05. The van der Waals surface area contributed by atoms with E-state index in [9.17, 15) is 4.79 Å². The van der Waals surface area contributed by atoms with Crippen LogP contribution in [0.15, 0.2) is 30.3 Å². The number of fused-ring (bicyclic) bond motifs is 1. The topological polar surface area (TPSA) is 41.1 Å². The molecule has 3 nitrogen and oxygen atoms in total. The lowest BCUT2D eigenvalue weighted by atomic mass is 9.91. The smallest absolute Gasteiger partial charge is 0.261 e. The van der Waals surface area contributed by atoms with Crippen LogP contribution < -0.4 is 10.6 Å². The van der Waals surface area contributed by atoms with Gasteiger partial charge in [0.1, 0.15) is 0 Å². The summed E-state index contributed by atoms with van der Waals surface area (Å²) in [5.74, 6) is 0.238. The zero-order valence-corrected chi connectivity index (χ0v) is 13.5. The van der Waals surface area contributed by atoms with Crippen molar-refractivity contribution in [2.75, 3.05) is 11.9 Å². The summed E-state index contributed by atoms with van der Waals surface area (Å²) in [4.78, 5) is 12.9. The maximum Gasteiger partial charge on any atom is 0.261 e. The van der Waals surface area contributed by atoms with Gasteiger partial charge in [0.05, 0.1) is 9.21 Å². The van der Waals surface area contributed by atoms with Crippen molar-refractivity contribution in [2.45, 2.75) is 25.8 Å². The molecule has 1 aromatic heterocycles. The molecular formula is C16H17ClN2OS. The average molecular weight is 321 g/mol. The molecule has 2 heterocycles. The number of rotatable bonds is 3. The summed E-state index contributed by atoms with van der Waals surface area (Å²) in [5, 5.41) is 6.51. The maximum atomic E-state index is 12.2. The fourth-order valence-corrected chi connectivity index (χ4v) is 3.84. The first-order chi connectivity index (χ1) is 10.1. The van der Waals surface area contributed by atoms with Gasteiger partial charge >= 0.3 is 0 Å². The normalized spacial score (nSPS) is 18.0. The maximum absolute atomic E-state index is 12.2. The molecule has 0 aliphatic carbocycles. The molecule has 2 unspecified atom stereocenters. The van der Waals surface area contributed by atoms with Crippen molar-refractivity contribution < 1.29 is 4.79 Å². The van der Waals surface area contributed by atoms with Crippen LogP contribution in [-0.2, 0) is 0 Å². The minimum absolute atomic E-state index is 0.0542. The highest BCUT2D eigenvalue weighted by Gasteiger charge is 2.29. The van der Waals surface area contributed by atoms with Crippen molar-refractivity contribution in [2.24, 2.45) is 0 Å². The third-order valence-electron chi connectivity index (χ3n) is 3.97. The minimum Gasteiger partial charge on any atom is -0.384 e. The number of aryl methyl sites for hydroxylation is 1. The first-order valence-corrected chi connectivity index (χ1v) is 8.15. The van der Waals surface area contributed by atoms with Crippen LogP contribution in [0, 0.1) is 6.92 Å². The van der Waals surface area contributed by atoms with E-state index in [4.69, 9.17) is 11.6 Å². The van der Waals surface area contributed by atoms with Crippen LogP contribution >= 0.6 is 22.9 Å². The van der Waals surface area contributed by atoms with Crippen molar-refractivity contribution in [3.8, 4) is 0 Å². The van der Waals surface area contributed by atoms with Crippen molar-refractivity contribution in [1.82, 2.24) is 5.32 Å². The lowest BCUT2D eigenvalue weighted by Gasteiger charge is -2.21. The van der Waals surface area contributed by atoms with Gasteiger partial charge in [-0.2, -0.15) is 0 Å². The highest BCUT2D eigenvalue weighted by Crippen LogP contribution is 2.36. The van der Waals surface area contributed by atoms with Gasteiger partial charge in [-0.1, -0.05) is 23.7 Å². The van der Waals surface area contributed by atoms with Gasteiger partial charge in [-0.25, -0.2) is 0 Å². The first kappa shape index (κ1) is 14.4. The second-order valence-corrected chi connectivity index (χ2v) is 7.10. The van der Waals surface area contributed by atoms with E-state index in [-0.39, 0.29) is 11.9 Å². The van der Waals surface area contributed by atoms with E-state index < -0.39 is 0 Å². The molecular weight excluding hydrogens is 304 g/mol. The molecule has 21 heavy (non-hydrogen) atoms. The number of thiophene rings is 1. The van der Waals surface area contributed by atoms with Gasteiger partial charge in [0.25, 0.3) is 5.91 Å². The molecule has 1 aromatic carbocycles. The van der Waals surface area contributed by atoms with E-state index in [1.54, 1.807) is 12.1 Å². The SMILES string of the molecule is Cc1cccc2c1C(C(C)NC(=O)c1ccc(Cl)s1)CN2. The zero-order chi connectivity index (χ0) is 15.0. The molecule has 0 spiro atoms. The molecule has 2 aromatic rings. The molecule has 2 atom stereocenters. The Morgan fingerprint density at radius 1 is 1.43 bits per heavy atom. The molecule has 0 fully saturated rings. The highest BCUT2D eigenvalue weighted by atomic mass is 35.5.